The highest BCUT2D eigenvalue weighted by molar-refractivity contribution is 6.31. The molecule has 4 saturated carbocycles. The standard InChI is InChI=1S/C23H28ClFN4O/c1-13-21(14(2)29(28-13)12-18-19(24)4-3-5-20(18)25)26-22(30)27-23-9-15-6-16(10-23)8-17(7-15)11-23/h3-5,15-17H,6-12H2,1-2H3,(H2,26,27,30). The number of rotatable bonds is 4. The molecule has 2 aromatic rings. The molecule has 0 unspecified atom stereocenters. The molecule has 4 bridgehead atoms. The molecule has 5 nitrogen and oxygen atoms in total. The van der Waals surface area contributed by atoms with Gasteiger partial charge in [0.1, 0.15) is 5.82 Å². The van der Waals surface area contributed by atoms with Gasteiger partial charge in [0.25, 0.3) is 0 Å². The van der Waals surface area contributed by atoms with E-state index in [4.69, 9.17) is 11.6 Å². The number of urea groups is 1. The Labute approximate surface area is 181 Å². The van der Waals surface area contributed by atoms with Gasteiger partial charge in [0.05, 0.1) is 23.6 Å². The predicted molar refractivity (Wildman–Crippen MR) is 115 cm³/mol. The Hall–Kier alpha value is -2.08. The summed E-state index contributed by atoms with van der Waals surface area (Å²) >= 11 is 6.17. The number of carbonyl (C=O) groups excluding carboxylic acids is 1. The van der Waals surface area contributed by atoms with Gasteiger partial charge >= 0.3 is 6.03 Å². The van der Waals surface area contributed by atoms with E-state index in [1.165, 1.54) is 25.3 Å². The highest BCUT2D eigenvalue weighted by Gasteiger charge is 2.51. The molecule has 1 aromatic carbocycles. The average molecular weight is 431 g/mol. The molecule has 1 heterocycles. The lowest BCUT2D eigenvalue weighted by Crippen LogP contribution is -2.60. The van der Waals surface area contributed by atoms with Gasteiger partial charge in [0, 0.05) is 16.1 Å². The van der Waals surface area contributed by atoms with Crippen LogP contribution in [0.5, 0.6) is 0 Å². The summed E-state index contributed by atoms with van der Waals surface area (Å²) < 4.78 is 15.9. The second-order valence-electron chi connectivity index (χ2n) is 9.68. The van der Waals surface area contributed by atoms with Gasteiger partial charge in [0.2, 0.25) is 0 Å². The monoisotopic (exact) mass is 430 g/mol. The van der Waals surface area contributed by atoms with Crippen molar-refractivity contribution in [2.45, 2.75) is 64.5 Å². The molecule has 6 rings (SSSR count). The Bertz CT molecular complexity index is 946. The molecule has 4 aliphatic carbocycles. The number of benzene rings is 1. The van der Waals surface area contributed by atoms with Crippen LogP contribution in [-0.4, -0.2) is 21.4 Å². The lowest BCUT2D eigenvalue weighted by molar-refractivity contribution is -0.0127. The molecule has 7 heteroatoms. The molecule has 4 aliphatic rings. The molecule has 0 radical (unpaired) electrons. The van der Waals surface area contributed by atoms with Crippen molar-refractivity contribution in [2.75, 3.05) is 5.32 Å². The Morgan fingerprint density at radius 3 is 2.43 bits per heavy atom. The Morgan fingerprint density at radius 2 is 1.83 bits per heavy atom. The van der Waals surface area contributed by atoms with Crippen molar-refractivity contribution in [3.8, 4) is 0 Å². The van der Waals surface area contributed by atoms with E-state index in [9.17, 15) is 9.18 Å². The Balaban J connectivity index is 1.31. The fourth-order valence-electron chi connectivity index (χ4n) is 6.51. The first kappa shape index (κ1) is 19.9. The highest BCUT2D eigenvalue weighted by Crippen LogP contribution is 2.55. The van der Waals surface area contributed by atoms with Gasteiger partial charge < -0.3 is 10.6 Å². The number of aromatic nitrogens is 2. The maximum Gasteiger partial charge on any atom is 0.319 e. The minimum atomic E-state index is -0.357. The largest absolute Gasteiger partial charge is 0.332 e. The molecule has 0 atom stereocenters. The smallest absolute Gasteiger partial charge is 0.319 e. The van der Waals surface area contributed by atoms with Crippen LogP contribution in [0.3, 0.4) is 0 Å². The fraction of sp³-hybridized carbons (Fsp3) is 0.565. The number of anilines is 1. The summed E-state index contributed by atoms with van der Waals surface area (Å²) in [4.78, 5) is 12.9. The molecule has 0 spiro atoms. The third-order valence-electron chi connectivity index (χ3n) is 7.41. The van der Waals surface area contributed by atoms with E-state index in [-0.39, 0.29) is 23.9 Å². The van der Waals surface area contributed by atoms with Crippen LogP contribution < -0.4 is 10.6 Å². The van der Waals surface area contributed by atoms with Gasteiger partial charge in [-0.25, -0.2) is 9.18 Å². The zero-order chi connectivity index (χ0) is 21.0. The van der Waals surface area contributed by atoms with Gasteiger partial charge in [-0.1, -0.05) is 17.7 Å². The number of amides is 2. The number of hydrogen-bond acceptors (Lipinski definition) is 2. The zero-order valence-electron chi connectivity index (χ0n) is 17.5. The maximum absolute atomic E-state index is 14.2. The van der Waals surface area contributed by atoms with Gasteiger partial charge in [-0.2, -0.15) is 5.10 Å². The summed E-state index contributed by atoms with van der Waals surface area (Å²) in [5.41, 5.74) is 2.53. The zero-order valence-corrected chi connectivity index (χ0v) is 18.2. The summed E-state index contributed by atoms with van der Waals surface area (Å²) in [7, 11) is 0. The molecule has 0 saturated heterocycles. The van der Waals surface area contributed by atoms with E-state index in [0.717, 1.165) is 42.7 Å². The summed E-state index contributed by atoms with van der Waals surface area (Å²) in [6.07, 6.45) is 7.34. The van der Waals surface area contributed by atoms with E-state index in [0.29, 0.717) is 22.0 Å². The van der Waals surface area contributed by atoms with Gasteiger partial charge in [0.15, 0.2) is 0 Å². The minimum absolute atomic E-state index is 0.0443. The summed E-state index contributed by atoms with van der Waals surface area (Å²) in [6.45, 7) is 3.96. The first-order valence-electron chi connectivity index (χ1n) is 10.9. The third-order valence-corrected chi connectivity index (χ3v) is 7.76. The predicted octanol–water partition coefficient (Wildman–Crippen LogP) is 5.43. The van der Waals surface area contributed by atoms with Crippen molar-refractivity contribution in [3.05, 3.63) is 46.0 Å². The van der Waals surface area contributed by atoms with Crippen LogP contribution in [-0.2, 0) is 6.54 Å². The molecule has 4 fully saturated rings. The van der Waals surface area contributed by atoms with E-state index < -0.39 is 0 Å². The summed E-state index contributed by atoms with van der Waals surface area (Å²) in [5.74, 6) is 1.96. The number of nitrogens with one attached hydrogen (secondary N) is 2. The van der Waals surface area contributed by atoms with Crippen LogP contribution in [0.4, 0.5) is 14.9 Å². The SMILES string of the molecule is Cc1nn(Cc2c(F)cccc2Cl)c(C)c1NC(=O)NC12CC3CC(CC(C3)C1)C2. The maximum atomic E-state index is 14.2. The van der Waals surface area contributed by atoms with Gasteiger partial charge in [-0.05, 0) is 82.3 Å². The van der Waals surface area contributed by atoms with Crippen LogP contribution in [0.25, 0.3) is 0 Å². The molecule has 2 amide bonds. The average Bonchev–Trinajstić information content (AvgIpc) is 2.90. The van der Waals surface area contributed by atoms with Gasteiger partial charge in [-0.15, -0.1) is 0 Å². The molecular weight excluding hydrogens is 403 g/mol. The van der Waals surface area contributed by atoms with Crippen molar-refractivity contribution < 1.29 is 9.18 Å². The number of hydrogen-bond donors (Lipinski definition) is 2. The van der Waals surface area contributed by atoms with E-state index in [1.54, 1.807) is 16.8 Å². The number of carbonyl (C=O) groups is 1. The van der Waals surface area contributed by atoms with Crippen molar-refractivity contribution >= 4 is 23.3 Å². The van der Waals surface area contributed by atoms with Crippen LogP contribution in [0.1, 0.15) is 55.5 Å². The number of aryl methyl sites for hydroxylation is 1. The lowest BCUT2D eigenvalue weighted by atomic mass is 9.53. The molecule has 160 valence electrons. The van der Waals surface area contributed by atoms with E-state index in [1.807, 2.05) is 13.8 Å². The number of halogens is 2. The molecular formula is C23H28ClFN4O. The molecule has 0 aliphatic heterocycles. The first-order chi connectivity index (χ1) is 14.3. The second-order valence-corrected chi connectivity index (χ2v) is 10.1. The Kier molecular flexibility index (Phi) is 4.80. The summed E-state index contributed by atoms with van der Waals surface area (Å²) in [6, 6.07) is 4.49. The molecule has 30 heavy (non-hydrogen) atoms. The van der Waals surface area contributed by atoms with Crippen molar-refractivity contribution in [1.29, 1.82) is 0 Å². The van der Waals surface area contributed by atoms with Crippen LogP contribution >= 0.6 is 11.6 Å². The Morgan fingerprint density at radius 1 is 1.20 bits per heavy atom. The van der Waals surface area contributed by atoms with Gasteiger partial charge in [-0.3, -0.25) is 4.68 Å². The van der Waals surface area contributed by atoms with Crippen LogP contribution in [0.2, 0.25) is 5.02 Å². The quantitative estimate of drug-likeness (QED) is 0.679. The van der Waals surface area contributed by atoms with Crippen molar-refractivity contribution in [1.82, 2.24) is 15.1 Å². The lowest BCUT2D eigenvalue weighted by Gasteiger charge is -2.56. The van der Waals surface area contributed by atoms with E-state index in [2.05, 4.69) is 15.7 Å². The van der Waals surface area contributed by atoms with E-state index >= 15 is 0 Å². The second kappa shape index (κ2) is 7.26. The molecule has 1 aromatic heterocycles. The first-order valence-corrected chi connectivity index (χ1v) is 11.3. The molecule has 2 N–H and O–H groups in total. The topological polar surface area (TPSA) is 59.0 Å². The highest BCUT2D eigenvalue weighted by atomic mass is 35.5. The normalized spacial score (nSPS) is 29.3. The van der Waals surface area contributed by atoms with Crippen molar-refractivity contribution in [3.63, 3.8) is 0 Å². The van der Waals surface area contributed by atoms with Crippen LogP contribution in [0, 0.1) is 37.4 Å². The van der Waals surface area contributed by atoms with Crippen molar-refractivity contribution in [2.24, 2.45) is 17.8 Å². The number of nitrogens with zero attached hydrogens (tertiary/aromatic N) is 2. The minimum Gasteiger partial charge on any atom is -0.332 e. The van der Waals surface area contributed by atoms with Crippen LogP contribution in [0.15, 0.2) is 18.2 Å². The summed E-state index contributed by atoms with van der Waals surface area (Å²) in [5, 5.41) is 11.3. The fourth-order valence-corrected chi connectivity index (χ4v) is 6.74. The third kappa shape index (κ3) is 3.49.